The molecule has 0 amide bonds. The van der Waals surface area contributed by atoms with Crippen molar-refractivity contribution in [3.8, 4) is 0 Å². The number of nitrogens with one attached hydrogen (secondary N) is 1. The maximum Gasteiger partial charge on any atom is 0.490 e. The van der Waals surface area contributed by atoms with Crippen LogP contribution in [0.5, 0.6) is 0 Å². The lowest BCUT2D eigenvalue weighted by Crippen LogP contribution is -2.33. The second-order valence-electron chi connectivity index (χ2n) is 6.35. The number of nitrogens with zero attached hydrogens (tertiary/aromatic N) is 1. The Morgan fingerprint density at radius 2 is 1.42 bits per heavy atom. The Morgan fingerprint density at radius 1 is 1.00 bits per heavy atom. The summed E-state index contributed by atoms with van der Waals surface area (Å²) in [5.41, 5.74) is 0.657. The lowest BCUT2D eigenvalue weighted by atomic mass is 9.86. The molecule has 2 heterocycles. The van der Waals surface area contributed by atoms with Crippen LogP contribution in [0.2, 0.25) is 0 Å². The van der Waals surface area contributed by atoms with E-state index >= 15 is 0 Å². The minimum atomic E-state index is -5.08. The number of carboxylic acid groups (broad SMARTS) is 2. The van der Waals surface area contributed by atoms with E-state index in [9.17, 15) is 26.3 Å². The van der Waals surface area contributed by atoms with Gasteiger partial charge in [-0.3, -0.25) is 0 Å². The molecule has 12 heteroatoms. The molecule has 2 rings (SSSR count). The summed E-state index contributed by atoms with van der Waals surface area (Å²) in [6.07, 6.45) is -7.35. The van der Waals surface area contributed by atoms with Gasteiger partial charge in [-0.2, -0.15) is 26.3 Å². The molecule has 0 aromatic rings. The third kappa shape index (κ3) is 8.70. The van der Waals surface area contributed by atoms with Crippen molar-refractivity contribution in [2.24, 2.45) is 5.41 Å². The summed E-state index contributed by atoms with van der Waals surface area (Å²) in [5, 5.41) is 17.7. The van der Waals surface area contributed by atoms with Crippen LogP contribution in [0.4, 0.5) is 26.3 Å². The predicted octanol–water partition coefficient (Wildman–Crippen LogP) is 2.35. The van der Waals surface area contributed by atoms with E-state index in [0.717, 1.165) is 6.04 Å². The first-order valence-corrected chi connectivity index (χ1v) is 7.66. The SMILES string of the molecule is CC(C)N1CCC2(CCNC2)C1.O=C(O)C(F)(F)F.O=C(O)C(F)(F)F. The molecule has 0 saturated carbocycles. The van der Waals surface area contributed by atoms with E-state index in [2.05, 4.69) is 24.1 Å². The molecule has 0 radical (unpaired) electrons. The third-order valence-corrected chi connectivity index (χ3v) is 4.02. The minimum Gasteiger partial charge on any atom is -0.475 e. The average Bonchev–Trinajstić information content (AvgIpc) is 3.09. The fourth-order valence-electron chi connectivity index (χ4n) is 2.55. The fourth-order valence-corrected chi connectivity index (χ4v) is 2.55. The van der Waals surface area contributed by atoms with Crippen LogP contribution in [-0.2, 0) is 9.59 Å². The van der Waals surface area contributed by atoms with Crippen molar-refractivity contribution in [1.29, 1.82) is 0 Å². The van der Waals surface area contributed by atoms with Crippen molar-refractivity contribution in [1.82, 2.24) is 10.2 Å². The van der Waals surface area contributed by atoms with Crippen molar-refractivity contribution in [3.05, 3.63) is 0 Å². The van der Waals surface area contributed by atoms with Gasteiger partial charge < -0.3 is 20.4 Å². The zero-order valence-electron chi connectivity index (χ0n) is 14.2. The van der Waals surface area contributed by atoms with Gasteiger partial charge in [-0.15, -0.1) is 0 Å². The van der Waals surface area contributed by atoms with E-state index < -0.39 is 24.3 Å². The summed E-state index contributed by atoms with van der Waals surface area (Å²) in [4.78, 5) is 20.4. The standard InChI is InChI=1S/C10H20N2.2C2HF3O2/c1-9(2)12-6-4-10(8-12)3-5-11-7-10;2*3-2(4,5)1(6)7/h9,11H,3-8H2,1-2H3;2*(H,6,7). The Balaban J connectivity index is 0.000000390. The fraction of sp³-hybridized carbons (Fsp3) is 0.857. The zero-order valence-corrected chi connectivity index (χ0v) is 14.2. The maximum absolute atomic E-state index is 10.6. The lowest BCUT2D eigenvalue weighted by molar-refractivity contribution is -0.193. The summed E-state index contributed by atoms with van der Waals surface area (Å²) >= 11 is 0. The molecule has 2 aliphatic rings. The number of hydrogen-bond donors (Lipinski definition) is 3. The number of hydrogen-bond acceptors (Lipinski definition) is 4. The van der Waals surface area contributed by atoms with E-state index in [4.69, 9.17) is 19.8 Å². The zero-order chi connectivity index (χ0) is 20.8. The van der Waals surface area contributed by atoms with Gasteiger partial charge in [0.05, 0.1) is 0 Å². The van der Waals surface area contributed by atoms with Crippen LogP contribution in [-0.4, -0.2) is 71.6 Å². The van der Waals surface area contributed by atoms with Crippen molar-refractivity contribution >= 4 is 11.9 Å². The highest BCUT2D eigenvalue weighted by molar-refractivity contribution is 5.73. The van der Waals surface area contributed by atoms with Crippen molar-refractivity contribution in [3.63, 3.8) is 0 Å². The molecule has 2 fully saturated rings. The summed E-state index contributed by atoms with van der Waals surface area (Å²) in [7, 11) is 0. The first-order chi connectivity index (χ1) is 11.6. The molecule has 26 heavy (non-hydrogen) atoms. The monoisotopic (exact) mass is 396 g/mol. The van der Waals surface area contributed by atoms with Crippen LogP contribution < -0.4 is 5.32 Å². The molecular formula is C14H22F6N2O4. The van der Waals surface area contributed by atoms with Gasteiger partial charge in [0.1, 0.15) is 0 Å². The molecule has 1 atom stereocenters. The van der Waals surface area contributed by atoms with Gasteiger partial charge >= 0.3 is 24.3 Å². The largest absolute Gasteiger partial charge is 0.490 e. The molecule has 0 aromatic heterocycles. The second kappa shape index (κ2) is 9.40. The Morgan fingerprint density at radius 3 is 1.65 bits per heavy atom. The summed E-state index contributed by atoms with van der Waals surface area (Å²) in [6, 6.07) is 0.741. The molecule has 154 valence electrons. The number of likely N-dealkylation sites (tertiary alicyclic amines) is 1. The van der Waals surface area contributed by atoms with Crippen LogP contribution in [0.25, 0.3) is 0 Å². The van der Waals surface area contributed by atoms with Crippen LogP contribution in [0.15, 0.2) is 0 Å². The maximum atomic E-state index is 10.6. The molecule has 3 N–H and O–H groups in total. The molecule has 0 aliphatic carbocycles. The number of rotatable bonds is 1. The summed E-state index contributed by atoms with van der Waals surface area (Å²) in [6.45, 7) is 9.77. The van der Waals surface area contributed by atoms with Gasteiger partial charge in [0.25, 0.3) is 0 Å². The van der Waals surface area contributed by atoms with E-state index in [1.54, 1.807) is 0 Å². The van der Waals surface area contributed by atoms with E-state index in [0.29, 0.717) is 5.41 Å². The summed E-state index contributed by atoms with van der Waals surface area (Å²) in [5.74, 6) is -5.51. The predicted molar refractivity (Wildman–Crippen MR) is 78.6 cm³/mol. The Labute approximate surface area is 146 Å². The van der Waals surface area contributed by atoms with Crippen molar-refractivity contribution in [2.45, 2.75) is 45.1 Å². The molecule has 1 spiro atoms. The lowest BCUT2D eigenvalue weighted by Gasteiger charge is -2.25. The van der Waals surface area contributed by atoms with E-state index in [1.807, 2.05) is 0 Å². The van der Waals surface area contributed by atoms with Crippen LogP contribution in [0.3, 0.4) is 0 Å². The smallest absolute Gasteiger partial charge is 0.475 e. The molecule has 1 unspecified atom stereocenters. The van der Waals surface area contributed by atoms with Crippen LogP contribution in [0, 0.1) is 5.41 Å². The van der Waals surface area contributed by atoms with Crippen molar-refractivity contribution < 1.29 is 46.1 Å². The highest BCUT2D eigenvalue weighted by Crippen LogP contribution is 2.36. The third-order valence-electron chi connectivity index (χ3n) is 4.02. The van der Waals surface area contributed by atoms with Gasteiger partial charge in [-0.05, 0) is 45.2 Å². The van der Waals surface area contributed by atoms with E-state index in [-0.39, 0.29) is 0 Å². The first-order valence-electron chi connectivity index (χ1n) is 7.66. The normalized spacial score (nSPS) is 23.3. The van der Waals surface area contributed by atoms with Gasteiger partial charge in [0, 0.05) is 19.1 Å². The number of alkyl halides is 6. The second-order valence-corrected chi connectivity index (χ2v) is 6.35. The van der Waals surface area contributed by atoms with Crippen LogP contribution >= 0.6 is 0 Å². The quantitative estimate of drug-likeness (QED) is 0.590. The number of halogens is 6. The number of carboxylic acids is 2. The Bertz CT molecular complexity index is 449. The minimum absolute atomic E-state index is 0.657. The highest BCUT2D eigenvalue weighted by atomic mass is 19.4. The Kier molecular flexibility index (Phi) is 8.83. The van der Waals surface area contributed by atoms with Crippen LogP contribution in [0.1, 0.15) is 26.7 Å². The van der Waals surface area contributed by atoms with Crippen molar-refractivity contribution in [2.75, 3.05) is 26.2 Å². The highest BCUT2D eigenvalue weighted by Gasteiger charge is 2.41. The van der Waals surface area contributed by atoms with Gasteiger partial charge in [-0.25, -0.2) is 9.59 Å². The number of aliphatic carboxylic acids is 2. The topological polar surface area (TPSA) is 89.9 Å². The summed E-state index contributed by atoms with van der Waals surface area (Å²) < 4.78 is 63.5. The number of carbonyl (C=O) groups is 2. The Hall–Kier alpha value is -1.56. The van der Waals surface area contributed by atoms with Gasteiger partial charge in [0.2, 0.25) is 0 Å². The van der Waals surface area contributed by atoms with Gasteiger partial charge in [-0.1, -0.05) is 0 Å². The van der Waals surface area contributed by atoms with Gasteiger partial charge in [0.15, 0.2) is 0 Å². The molecule has 2 aliphatic heterocycles. The molecule has 0 aromatic carbocycles. The molecule has 2 saturated heterocycles. The molecule has 6 nitrogen and oxygen atoms in total. The first kappa shape index (κ1) is 24.4. The molecular weight excluding hydrogens is 374 g/mol. The average molecular weight is 396 g/mol. The van der Waals surface area contributed by atoms with E-state index in [1.165, 1.54) is 39.0 Å². The molecule has 0 bridgehead atoms.